The topological polar surface area (TPSA) is 15.3 Å². The van der Waals surface area contributed by atoms with Crippen molar-refractivity contribution >= 4 is 16.5 Å². The Kier molecular flexibility index (Phi) is 7.05. The fraction of sp³-hybridized carbons (Fsp3) is 0.920. The van der Waals surface area contributed by atoms with Gasteiger partial charge in [-0.25, -0.2) is 0 Å². The van der Waals surface area contributed by atoms with Crippen molar-refractivity contribution in [2.45, 2.75) is 121 Å². The molecule has 0 heterocycles. The number of nitrogens with zero attached hydrogens (tertiary/aromatic N) is 1. The highest BCUT2D eigenvalue weighted by molar-refractivity contribution is 6.78. The molecule has 0 saturated heterocycles. The smallest absolute Gasteiger partial charge is 0.127 e. The Morgan fingerprint density at radius 3 is 1.90 bits per heavy atom. The molecular formula is C25H48N2Si2. The van der Waals surface area contributed by atoms with E-state index in [1.807, 2.05) is 11.8 Å². The van der Waals surface area contributed by atoms with Gasteiger partial charge in [0, 0.05) is 6.67 Å². The fourth-order valence-electron chi connectivity index (χ4n) is 7.90. The van der Waals surface area contributed by atoms with Crippen molar-refractivity contribution in [3.63, 3.8) is 0 Å². The Hall–Kier alpha value is 0.354. The molecule has 0 amide bonds. The molecule has 1 N–H and O–H groups in total. The molecule has 4 unspecified atom stereocenters. The van der Waals surface area contributed by atoms with E-state index in [1.165, 1.54) is 83.6 Å². The summed E-state index contributed by atoms with van der Waals surface area (Å²) >= 11 is 0. The first-order valence-electron chi connectivity index (χ1n) is 13.1. The summed E-state index contributed by atoms with van der Waals surface area (Å²) in [7, 11) is -2.86. The maximum absolute atomic E-state index is 4.26. The van der Waals surface area contributed by atoms with E-state index in [-0.39, 0.29) is 0 Å². The van der Waals surface area contributed by atoms with E-state index in [1.54, 1.807) is 0 Å². The summed E-state index contributed by atoms with van der Waals surface area (Å²) in [5, 5.41) is 0. The predicted molar refractivity (Wildman–Crippen MR) is 132 cm³/mol. The molecule has 4 saturated carbocycles. The number of rotatable bonds is 7. The highest BCUT2D eigenvalue weighted by Crippen LogP contribution is 2.56. The zero-order valence-corrected chi connectivity index (χ0v) is 22.2. The second-order valence-corrected chi connectivity index (χ2v) is 21.0. The van der Waals surface area contributed by atoms with Crippen LogP contribution < -0.4 is 4.98 Å². The lowest BCUT2D eigenvalue weighted by atomic mass is 9.82. The molecule has 0 bridgehead atoms. The van der Waals surface area contributed by atoms with E-state index >= 15 is 0 Å². The van der Waals surface area contributed by atoms with Crippen LogP contribution in [0, 0.1) is 23.7 Å². The molecule has 166 valence electrons. The average Bonchev–Trinajstić information content (AvgIpc) is 3.33. The van der Waals surface area contributed by atoms with Crippen LogP contribution in [-0.2, 0) is 0 Å². The van der Waals surface area contributed by atoms with Gasteiger partial charge in [-0.05, 0) is 79.8 Å². The third-order valence-electron chi connectivity index (χ3n) is 9.73. The Labute approximate surface area is 184 Å². The molecule has 0 spiro atoms. The lowest BCUT2D eigenvalue weighted by Crippen LogP contribution is -2.61. The predicted octanol–water partition coefficient (Wildman–Crippen LogP) is 7.12. The summed E-state index contributed by atoms with van der Waals surface area (Å²) in [6, 6.07) is 0. The van der Waals surface area contributed by atoms with Crippen LogP contribution in [0.4, 0.5) is 0 Å². The first-order valence-corrected chi connectivity index (χ1v) is 19.2. The third-order valence-corrected chi connectivity index (χ3v) is 17.7. The molecular weight excluding hydrogens is 384 g/mol. The molecule has 4 heteroatoms. The summed E-state index contributed by atoms with van der Waals surface area (Å²) in [6.45, 7) is 15.5. The number of nitrogens with one attached hydrogen (secondary N) is 1. The Balaban J connectivity index is 1.39. The minimum Gasteiger partial charge on any atom is -0.325 e. The molecule has 0 aromatic carbocycles. The molecule has 29 heavy (non-hydrogen) atoms. The normalized spacial score (nSPS) is 34.6. The second-order valence-electron chi connectivity index (χ2n) is 11.9. The molecule has 4 aliphatic rings. The van der Waals surface area contributed by atoms with Gasteiger partial charge in [0.25, 0.3) is 0 Å². The molecule has 2 radical (unpaired) electrons. The monoisotopic (exact) mass is 432 g/mol. The van der Waals surface area contributed by atoms with Gasteiger partial charge in [-0.3, -0.25) is 0 Å². The Morgan fingerprint density at radius 2 is 1.31 bits per heavy atom. The van der Waals surface area contributed by atoms with Crippen LogP contribution in [-0.4, -0.2) is 34.2 Å². The molecule has 2 nitrogen and oxygen atoms in total. The molecule has 0 aromatic heterocycles. The molecule has 4 fully saturated rings. The maximum Gasteiger partial charge on any atom is 0.127 e. The summed E-state index contributed by atoms with van der Waals surface area (Å²) in [5.74, 6) is 6.00. The van der Waals surface area contributed by atoms with E-state index < -0.39 is 16.5 Å². The van der Waals surface area contributed by atoms with Gasteiger partial charge < -0.3 is 9.55 Å². The minimum absolute atomic E-state index is 0.944. The fourth-order valence-corrected chi connectivity index (χ4v) is 15.0. The lowest BCUT2D eigenvalue weighted by Gasteiger charge is -2.46. The molecule has 4 rings (SSSR count). The Morgan fingerprint density at radius 1 is 0.759 bits per heavy atom. The zero-order chi connectivity index (χ0) is 20.6. The standard InChI is InChI=1S/C25H48N2Si2/c1-6-27(29(4,5)25-18-16-21-12-8-10-14-23(21)25)19-26-28(2,3)24-17-15-20-11-7-9-13-22(20)24/h20-21,24-26H,6-19H2,1-5H3. The van der Waals surface area contributed by atoms with Gasteiger partial charge in [-0.2, -0.15) is 0 Å². The van der Waals surface area contributed by atoms with E-state index in [4.69, 9.17) is 0 Å². The molecule has 4 aliphatic carbocycles. The number of hydrogen-bond acceptors (Lipinski definition) is 2. The Bertz CT molecular complexity index is 549. The van der Waals surface area contributed by atoms with Gasteiger partial charge in [0.2, 0.25) is 0 Å². The van der Waals surface area contributed by atoms with E-state index in [9.17, 15) is 0 Å². The molecule has 4 atom stereocenters. The van der Waals surface area contributed by atoms with Gasteiger partial charge in [-0.15, -0.1) is 0 Å². The van der Waals surface area contributed by atoms with Gasteiger partial charge in [0.15, 0.2) is 0 Å². The largest absolute Gasteiger partial charge is 0.325 e. The zero-order valence-electron chi connectivity index (χ0n) is 20.2. The average molecular weight is 433 g/mol. The van der Waals surface area contributed by atoms with Crippen molar-refractivity contribution in [1.82, 2.24) is 9.55 Å². The van der Waals surface area contributed by atoms with Gasteiger partial charge in [0.05, 0.1) is 0 Å². The molecule has 0 aromatic rings. The molecule has 0 aliphatic heterocycles. The van der Waals surface area contributed by atoms with Crippen LogP contribution in [0.25, 0.3) is 0 Å². The van der Waals surface area contributed by atoms with E-state index in [0.717, 1.165) is 29.6 Å². The van der Waals surface area contributed by atoms with Gasteiger partial charge >= 0.3 is 0 Å². The van der Waals surface area contributed by atoms with Crippen LogP contribution in [0.1, 0.15) is 84.0 Å². The summed E-state index contributed by atoms with van der Waals surface area (Å²) in [6.07, 6.45) is 17.8. The number of fused-ring (bicyclic) bond motifs is 2. The second kappa shape index (κ2) is 9.07. The summed E-state index contributed by atoms with van der Waals surface area (Å²) < 4.78 is 2.94. The summed E-state index contributed by atoms with van der Waals surface area (Å²) in [5.41, 5.74) is 1.91. The number of hydrogen-bond donors (Lipinski definition) is 1. The quantitative estimate of drug-likeness (QED) is 0.340. The van der Waals surface area contributed by atoms with Gasteiger partial charge in [-0.1, -0.05) is 71.6 Å². The van der Waals surface area contributed by atoms with Crippen molar-refractivity contribution in [2.24, 2.45) is 11.8 Å². The van der Waals surface area contributed by atoms with Crippen LogP contribution in [0.2, 0.25) is 37.3 Å². The van der Waals surface area contributed by atoms with Crippen LogP contribution >= 0.6 is 0 Å². The minimum atomic E-state index is -1.43. The highest BCUT2D eigenvalue weighted by Gasteiger charge is 2.50. The van der Waals surface area contributed by atoms with Crippen LogP contribution in [0.15, 0.2) is 0 Å². The third kappa shape index (κ3) is 4.47. The van der Waals surface area contributed by atoms with Gasteiger partial charge in [0.1, 0.15) is 16.5 Å². The van der Waals surface area contributed by atoms with Crippen LogP contribution in [0.3, 0.4) is 0 Å². The first-order chi connectivity index (χ1) is 13.8. The van der Waals surface area contributed by atoms with Crippen molar-refractivity contribution in [1.29, 1.82) is 0 Å². The van der Waals surface area contributed by atoms with Crippen molar-refractivity contribution in [3.8, 4) is 0 Å². The van der Waals surface area contributed by atoms with Crippen molar-refractivity contribution in [3.05, 3.63) is 11.8 Å². The lowest BCUT2D eigenvalue weighted by molar-refractivity contribution is 0.398. The van der Waals surface area contributed by atoms with E-state index in [0.29, 0.717) is 0 Å². The van der Waals surface area contributed by atoms with Crippen molar-refractivity contribution < 1.29 is 0 Å². The van der Waals surface area contributed by atoms with Crippen LogP contribution in [0.5, 0.6) is 0 Å². The van der Waals surface area contributed by atoms with E-state index in [2.05, 4.69) is 42.7 Å². The first kappa shape index (κ1) is 22.5. The van der Waals surface area contributed by atoms with Crippen molar-refractivity contribution in [2.75, 3.05) is 13.2 Å². The summed E-state index contributed by atoms with van der Waals surface area (Å²) in [4.78, 5) is 4.26. The maximum atomic E-state index is 4.26. The highest BCUT2D eigenvalue weighted by atomic mass is 28.3. The SMILES string of the molecule is CCN(CN[Si](C)(C)C1CCC2CCCC[C]21)[Si](C)(C)C1CCC2CCCC[C]21.